The van der Waals surface area contributed by atoms with Crippen molar-refractivity contribution in [3.05, 3.63) is 59.7 Å². The van der Waals surface area contributed by atoms with Crippen molar-refractivity contribution in [3.8, 4) is 0 Å². The lowest BCUT2D eigenvalue weighted by atomic mass is 10.1. The van der Waals surface area contributed by atoms with Crippen LogP contribution in [0.2, 0.25) is 0 Å². The van der Waals surface area contributed by atoms with Crippen LogP contribution in [-0.4, -0.2) is 36.2 Å². The van der Waals surface area contributed by atoms with Crippen LogP contribution in [0.25, 0.3) is 0 Å². The number of aryl methyl sites for hydroxylation is 1. The van der Waals surface area contributed by atoms with Gasteiger partial charge in [-0.05, 0) is 50.1 Å². The molecule has 28 heavy (non-hydrogen) atoms. The minimum atomic E-state index is -0.527. The van der Waals surface area contributed by atoms with Crippen LogP contribution in [0.3, 0.4) is 0 Å². The molecule has 148 valence electrons. The number of amides is 2. The molecule has 7 heteroatoms. The number of benzene rings is 2. The van der Waals surface area contributed by atoms with Gasteiger partial charge in [-0.3, -0.25) is 14.4 Å². The maximum absolute atomic E-state index is 12.0. The Morgan fingerprint density at radius 1 is 1.00 bits per heavy atom. The summed E-state index contributed by atoms with van der Waals surface area (Å²) in [6.07, 6.45) is 0. The highest BCUT2D eigenvalue weighted by molar-refractivity contribution is 8.00. The Kier molecular flexibility index (Phi) is 8.07. The Bertz CT molecular complexity index is 840. The Morgan fingerprint density at radius 3 is 2.43 bits per heavy atom. The van der Waals surface area contributed by atoms with Gasteiger partial charge in [0.25, 0.3) is 5.91 Å². The van der Waals surface area contributed by atoms with Crippen LogP contribution in [0.15, 0.2) is 53.4 Å². The van der Waals surface area contributed by atoms with E-state index in [2.05, 4.69) is 10.6 Å². The molecular weight excluding hydrogens is 376 g/mol. The van der Waals surface area contributed by atoms with E-state index in [4.69, 9.17) is 4.74 Å². The zero-order valence-corrected chi connectivity index (χ0v) is 17.0. The van der Waals surface area contributed by atoms with Crippen molar-refractivity contribution in [2.75, 3.05) is 18.5 Å². The molecule has 2 amide bonds. The van der Waals surface area contributed by atoms with E-state index < -0.39 is 23.7 Å². The monoisotopic (exact) mass is 400 g/mol. The minimum Gasteiger partial charge on any atom is -0.455 e. The Labute approximate surface area is 169 Å². The Hall–Kier alpha value is -2.80. The largest absolute Gasteiger partial charge is 0.455 e. The van der Waals surface area contributed by atoms with Crippen molar-refractivity contribution in [2.45, 2.75) is 30.9 Å². The van der Waals surface area contributed by atoms with Gasteiger partial charge in [-0.2, -0.15) is 0 Å². The number of anilines is 1. The van der Waals surface area contributed by atoms with E-state index >= 15 is 0 Å². The Balaban J connectivity index is 1.71. The molecule has 1 atom stereocenters. The molecule has 0 heterocycles. The predicted molar refractivity (Wildman–Crippen MR) is 110 cm³/mol. The molecule has 2 aromatic rings. The molecule has 0 aliphatic carbocycles. The van der Waals surface area contributed by atoms with Crippen molar-refractivity contribution in [1.29, 1.82) is 0 Å². The molecular formula is C21H24N2O4S. The number of hydrogen-bond acceptors (Lipinski definition) is 5. The molecule has 0 aromatic heterocycles. The van der Waals surface area contributed by atoms with Crippen LogP contribution in [0, 0.1) is 13.8 Å². The van der Waals surface area contributed by atoms with E-state index in [1.165, 1.54) is 11.8 Å². The number of rotatable bonds is 8. The molecule has 0 bridgehead atoms. The van der Waals surface area contributed by atoms with E-state index in [0.29, 0.717) is 5.69 Å². The maximum Gasteiger partial charge on any atom is 0.319 e. The first-order chi connectivity index (χ1) is 13.4. The molecule has 0 spiro atoms. The summed E-state index contributed by atoms with van der Waals surface area (Å²) in [6, 6.07) is 15.1. The number of thioether (sulfide) groups is 1. The third kappa shape index (κ3) is 6.74. The number of nitrogens with one attached hydrogen (secondary N) is 2. The van der Waals surface area contributed by atoms with Crippen molar-refractivity contribution in [2.24, 2.45) is 0 Å². The standard InChI is InChI=1S/C21H24N2O4S/c1-14-8-7-11-18(15(14)2)23-19(24)12-22-20(25)13-27-21(26)16(3)28-17-9-5-4-6-10-17/h4-11,16H,12-13H2,1-3H3,(H,22,25)(H,23,24)/t16-/m1/s1. The van der Waals surface area contributed by atoms with E-state index in [9.17, 15) is 14.4 Å². The van der Waals surface area contributed by atoms with Gasteiger partial charge in [-0.1, -0.05) is 30.3 Å². The van der Waals surface area contributed by atoms with Gasteiger partial charge in [-0.25, -0.2) is 0 Å². The summed E-state index contributed by atoms with van der Waals surface area (Å²) in [5.41, 5.74) is 2.75. The fourth-order valence-corrected chi connectivity index (χ4v) is 3.20. The number of ether oxygens (including phenoxy) is 1. The van der Waals surface area contributed by atoms with Crippen molar-refractivity contribution in [3.63, 3.8) is 0 Å². The van der Waals surface area contributed by atoms with Crippen LogP contribution >= 0.6 is 11.8 Å². The van der Waals surface area contributed by atoms with Crippen LogP contribution in [0.4, 0.5) is 5.69 Å². The number of hydrogen-bond donors (Lipinski definition) is 2. The minimum absolute atomic E-state index is 0.196. The number of carbonyl (C=O) groups excluding carboxylic acids is 3. The lowest BCUT2D eigenvalue weighted by molar-refractivity contribution is -0.147. The predicted octanol–water partition coefficient (Wildman–Crippen LogP) is 3.08. The van der Waals surface area contributed by atoms with E-state index in [1.807, 2.05) is 56.3 Å². The molecule has 2 N–H and O–H groups in total. The van der Waals surface area contributed by atoms with Crippen molar-refractivity contribution in [1.82, 2.24) is 5.32 Å². The number of carbonyl (C=O) groups is 3. The first-order valence-corrected chi connectivity index (χ1v) is 9.76. The van der Waals surface area contributed by atoms with E-state index in [0.717, 1.165) is 16.0 Å². The zero-order valence-electron chi connectivity index (χ0n) is 16.2. The fourth-order valence-electron chi connectivity index (χ4n) is 2.32. The average Bonchev–Trinajstić information content (AvgIpc) is 2.68. The van der Waals surface area contributed by atoms with Gasteiger partial charge in [0.15, 0.2) is 6.61 Å². The summed E-state index contributed by atoms with van der Waals surface area (Å²) < 4.78 is 5.02. The highest BCUT2D eigenvalue weighted by Crippen LogP contribution is 2.23. The third-order valence-corrected chi connectivity index (χ3v) is 5.15. The van der Waals surface area contributed by atoms with Gasteiger partial charge in [0.1, 0.15) is 5.25 Å². The normalized spacial score (nSPS) is 11.4. The van der Waals surface area contributed by atoms with Crippen LogP contribution in [-0.2, 0) is 19.1 Å². The summed E-state index contributed by atoms with van der Waals surface area (Å²) >= 11 is 1.35. The second-order valence-electron chi connectivity index (χ2n) is 6.25. The molecule has 0 fully saturated rings. The van der Waals surface area contributed by atoms with Gasteiger partial charge < -0.3 is 15.4 Å². The third-order valence-electron chi connectivity index (χ3n) is 4.06. The molecule has 0 radical (unpaired) electrons. The Morgan fingerprint density at radius 2 is 1.71 bits per heavy atom. The maximum atomic E-state index is 12.0. The topological polar surface area (TPSA) is 84.5 Å². The van der Waals surface area contributed by atoms with Crippen LogP contribution in [0.5, 0.6) is 0 Å². The summed E-state index contributed by atoms with van der Waals surface area (Å²) in [5.74, 6) is -1.36. The van der Waals surface area contributed by atoms with Crippen LogP contribution in [0.1, 0.15) is 18.1 Å². The van der Waals surface area contributed by atoms with Gasteiger partial charge in [0.05, 0.1) is 6.54 Å². The number of esters is 1. The van der Waals surface area contributed by atoms with Crippen molar-refractivity contribution >= 4 is 35.2 Å². The fraction of sp³-hybridized carbons (Fsp3) is 0.286. The molecule has 2 rings (SSSR count). The van der Waals surface area contributed by atoms with Crippen molar-refractivity contribution < 1.29 is 19.1 Å². The molecule has 6 nitrogen and oxygen atoms in total. The van der Waals surface area contributed by atoms with Gasteiger partial charge in [-0.15, -0.1) is 11.8 Å². The summed E-state index contributed by atoms with van der Waals surface area (Å²) in [5, 5.41) is 4.76. The molecule has 2 aromatic carbocycles. The highest BCUT2D eigenvalue weighted by atomic mass is 32.2. The molecule has 0 saturated heterocycles. The first-order valence-electron chi connectivity index (χ1n) is 8.88. The SMILES string of the molecule is Cc1cccc(NC(=O)CNC(=O)COC(=O)[C@@H](C)Sc2ccccc2)c1C. The van der Waals surface area contributed by atoms with Crippen LogP contribution < -0.4 is 10.6 Å². The second-order valence-corrected chi connectivity index (χ2v) is 7.67. The smallest absolute Gasteiger partial charge is 0.319 e. The summed E-state index contributed by atoms with van der Waals surface area (Å²) in [7, 11) is 0. The van der Waals surface area contributed by atoms with E-state index in [1.54, 1.807) is 13.0 Å². The quantitative estimate of drug-likeness (QED) is 0.525. The lowest BCUT2D eigenvalue weighted by Crippen LogP contribution is -2.36. The molecule has 0 unspecified atom stereocenters. The molecule has 0 saturated carbocycles. The van der Waals surface area contributed by atoms with E-state index in [-0.39, 0.29) is 12.5 Å². The van der Waals surface area contributed by atoms with Gasteiger partial charge >= 0.3 is 5.97 Å². The molecule has 0 aliphatic rings. The lowest BCUT2D eigenvalue weighted by Gasteiger charge is -2.12. The highest BCUT2D eigenvalue weighted by Gasteiger charge is 2.17. The summed E-state index contributed by atoms with van der Waals surface area (Å²) in [4.78, 5) is 36.8. The second kappa shape index (κ2) is 10.5. The molecule has 0 aliphatic heterocycles. The average molecular weight is 401 g/mol. The first kappa shape index (κ1) is 21.5. The van der Waals surface area contributed by atoms with Gasteiger partial charge in [0, 0.05) is 10.6 Å². The summed E-state index contributed by atoms with van der Waals surface area (Å²) in [6.45, 7) is 4.97. The van der Waals surface area contributed by atoms with Gasteiger partial charge in [0.2, 0.25) is 5.91 Å². The zero-order chi connectivity index (χ0) is 20.5.